The number of ketones is 1. The van der Waals surface area contributed by atoms with Crippen LogP contribution >= 0.6 is 0 Å². The van der Waals surface area contributed by atoms with Gasteiger partial charge < -0.3 is 9.64 Å². The van der Waals surface area contributed by atoms with Gasteiger partial charge in [0.05, 0.1) is 6.61 Å². The fraction of sp³-hybridized carbons (Fsp3) is 0.917. The Balaban J connectivity index is 2.05. The molecular formula is C12H23NO2. The van der Waals surface area contributed by atoms with Gasteiger partial charge >= 0.3 is 0 Å². The largest absolute Gasteiger partial charge is 0.380 e. The second kappa shape index (κ2) is 6.96. The van der Waals surface area contributed by atoms with Crippen molar-refractivity contribution in [1.29, 1.82) is 0 Å². The third-order valence-electron chi connectivity index (χ3n) is 3.11. The lowest BCUT2D eigenvalue weighted by atomic mass is 10.0. The topological polar surface area (TPSA) is 29.5 Å². The predicted molar refractivity (Wildman–Crippen MR) is 61.0 cm³/mol. The van der Waals surface area contributed by atoms with Crippen molar-refractivity contribution >= 4 is 5.78 Å². The number of Topliss-reactive ketones (excluding diaryl/α,β-unsaturated/α-hetero) is 1. The highest BCUT2D eigenvalue weighted by Gasteiger charge is 2.23. The molecule has 0 aromatic rings. The van der Waals surface area contributed by atoms with E-state index in [1.807, 2.05) is 6.92 Å². The monoisotopic (exact) mass is 213 g/mol. The molecule has 88 valence electrons. The summed E-state index contributed by atoms with van der Waals surface area (Å²) >= 11 is 0. The number of carbonyl (C=O) groups excluding carboxylic acids is 1. The van der Waals surface area contributed by atoms with E-state index in [4.69, 9.17) is 4.74 Å². The average Bonchev–Trinajstić information content (AvgIpc) is 2.61. The molecule has 0 heterocycles. The molecule has 0 aliphatic heterocycles. The van der Waals surface area contributed by atoms with E-state index in [0.29, 0.717) is 11.7 Å². The van der Waals surface area contributed by atoms with Crippen LogP contribution in [0.25, 0.3) is 0 Å². The summed E-state index contributed by atoms with van der Waals surface area (Å²) in [5.74, 6) is 0.827. The van der Waals surface area contributed by atoms with Gasteiger partial charge in [0.25, 0.3) is 0 Å². The number of carbonyl (C=O) groups is 1. The molecule has 1 saturated carbocycles. The van der Waals surface area contributed by atoms with E-state index in [1.165, 1.54) is 0 Å². The standard InChI is InChI=1S/C12H23NO2/c1-3-15-10-9-13(2)8-7-11-5-4-6-12(11)14/h11H,3-10H2,1-2H3. The van der Waals surface area contributed by atoms with Crippen LogP contribution in [0.4, 0.5) is 0 Å². The zero-order valence-electron chi connectivity index (χ0n) is 10.00. The summed E-state index contributed by atoms with van der Waals surface area (Å²) in [7, 11) is 2.10. The number of nitrogens with zero attached hydrogens (tertiary/aromatic N) is 1. The molecule has 0 aromatic carbocycles. The van der Waals surface area contributed by atoms with E-state index < -0.39 is 0 Å². The lowest BCUT2D eigenvalue weighted by Gasteiger charge is -2.18. The minimum absolute atomic E-state index is 0.347. The lowest BCUT2D eigenvalue weighted by molar-refractivity contribution is -0.120. The number of rotatable bonds is 7. The molecule has 3 nitrogen and oxygen atoms in total. The zero-order valence-corrected chi connectivity index (χ0v) is 10.00. The third-order valence-corrected chi connectivity index (χ3v) is 3.11. The van der Waals surface area contributed by atoms with Crippen LogP contribution in [0, 0.1) is 5.92 Å². The van der Waals surface area contributed by atoms with Gasteiger partial charge in [0.15, 0.2) is 0 Å². The van der Waals surface area contributed by atoms with Gasteiger partial charge in [-0.25, -0.2) is 0 Å². The van der Waals surface area contributed by atoms with E-state index >= 15 is 0 Å². The van der Waals surface area contributed by atoms with Crippen LogP contribution in [-0.2, 0) is 9.53 Å². The van der Waals surface area contributed by atoms with E-state index in [-0.39, 0.29) is 0 Å². The van der Waals surface area contributed by atoms with E-state index in [1.54, 1.807) is 0 Å². The molecule has 1 rings (SSSR count). The maximum Gasteiger partial charge on any atom is 0.136 e. The Morgan fingerprint density at radius 1 is 1.47 bits per heavy atom. The van der Waals surface area contributed by atoms with Crippen molar-refractivity contribution in [3.8, 4) is 0 Å². The molecule has 1 aliphatic carbocycles. The van der Waals surface area contributed by atoms with E-state index in [9.17, 15) is 4.79 Å². The van der Waals surface area contributed by atoms with E-state index in [0.717, 1.165) is 52.0 Å². The summed E-state index contributed by atoms with van der Waals surface area (Å²) in [6.07, 6.45) is 4.05. The number of hydrogen-bond acceptors (Lipinski definition) is 3. The van der Waals surface area contributed by atoms with Gasteiger partial charge in [0.2, 0.25) is 0 Å². The minimum Gasteiger partial charge on any atom is -0.380 e. The van der Waals surface area contributed by atoms with Crippen molar-refractivity contribution in [1.82, 2.24) is 4.90 Å². The molecular weight excluding hydrogens is 190 g/mol. The number of hydrogen-bond donors (Lipinski definition) is 0. The normalized spacial score (nSPS) is 21.5. The Morgan fingerprint density at radius 3 is 2.87 bits per heavy atom. The van der Waals surface area contributed by atoms with Gasteiger partial charge in [-0.05, 0) is 39.8 Å². The third kappa shape index (κ3) is 4.76. The zero-order chi connectivity index (χ0) is 11.1. The number of likely N-dealkylation sites (N-methyl/N-ethyl adjacent to an activating group) is 1. The first-order valence-electron chi connectivity index (χ1n) is 6.03. The number of ether oxygens (including phenoxy) is 1. The van der Waals surface area contributed by atoms with Crippen molar-refractivity contribution < 1.29 is 9.53 Å². The SMILES string of the molecule is CCOCCN(C)CCC1CCCC1=O. The highest BCUT2D eigenvalue weighted by atomic mass is 16.5. The molecule has 1 aliphatic rings. The van der Waals surface area contributed by atoms with Crippen LogP contribution in [0.1, 0.15) is 32.6 Å². The first-order chi connectivity index (χ1) is 7.24. The lowest BCUT2D eigenvalue weighted by Crippen LogP contribution is -2.26. The molecule has 0 aromatic heterocycles. The summed E-state index contributed by atoms with van der Waals surface area (Å²) in [6.45, 7) is 5.58. The van der Waals surface area contributed by atoms with Crippen molar-refractivity contribution in [2.24, 2.45) is 5.92 Å². The van der Waals surface area contributed by atoms with Gasteiger partial charge in [-0.1, -0.05) is 0 Å². The first-order valence-corrected chi connectivity index (χ1v) is 6.03. The molecule has 0 spiro atoms. The molecule has 0 bridgehead atoms. The Hall–Kier alpha value is -0.410. The van der Waals surface area contributed by atoms with Gasteiger partial charge in [0, 0.05) is 25.5 Å². The summed E-state index contributed by atoms with van der Waals surface area (Å²) < 4.78 is 5.29. The second-order valence-corrected chi connectivity index (χ2v) is 4.34. The Morgan fingerprint density at radius 2 is 2.27 bits per heavy atom. The van der Waals surface area contributed by atoms with Gasteiger partial charge in [-0.15, -0.1) is 0 Å². The van der Waals surface area contributed by atoms with Crippen LogP contribution < -0.4 is 0 Å². The van der Waals surface area contributed by atoms with Gasteiger partial charge in [-0.3, -0.25) is 4.79 Å². The Labute approximate surface area is 92.8 Å². The van der Waals surface area contributed by atoms with Crippen molar-refractivity contribution in [2.75, 3.05) is 33.4 Å². The molecule has 1 fully saturated rings. The van der Waals surface area contributed by atoms with E-state index in [2.05, 4.69) is 11.9 Å². The van der Waals surface area contributed by atoms with Gasteiger partial charge in [-0.2, -0.15) is 0 Å². The average molecular weight is 213 g/mol. The fourth-order valence-corrected chi connectivity index (χ4v) is 2.05. The summed E-state index contributed by atoms with van der Waals surface area (Å²) in [5, 5.41) is 0. The van der Waals surface area contributed by atoms with Crippen LogP contribution in [0.5, 0.6) is 0 Å². The van der Waals surface area contributed by atoms with Crippen LogP contribution in [0.15, 0.2) is 0 Å². The summed E-state index contributed by atoms with van der Waals surface area (Å²) in [4.78, 5) is 13.7. The second-order valence-electron chi connectivity index (χ2n) is 4.34. The highest BCUT2D eigenvalue weighted by Crippen LogP contribution is 2.24. The van der Waals surface area contributed by atoms with Crippen molar-refractivity contribution in [3.63, 3.8) is 0 Å². The smallest absolute Gasteiger partial charge is 0.136 e. The molecule has 1 atom stereocenters. The van der Waals surface area contributed by atoms with Crippen LogP contribution in [-0.4, -0.2) is 44.0 Å². The molecule has 0 radical (unpaired) electrons. The van der Waals surface area contributed by atoms with Crippen LogP contribution in [0.2, 0.25) is 0 Å². The maximum atomic E-state index is 11.4. The molecule has 0 saturated heterocycles. The van der Waals surface area contributed by atoms with Crippen molar-refractivity contribution in [2.45, 2.75) is 32.6 Å². The molecule has 1 unspecified atom stereocenters. The predicted octanol–water partition coefficient (Wildman–Crippen LogP) is 1.71. The molecule has 0 amide bonds. The van der Waals surface area contributed by atoms with Gasteiger partial charge in [0.1, 0.15) is 5.78 Å². The first kappa shape index (κ1) is 12.7. The molecule has 15 heavy (non-hydrogen) atoms. The fourth-order valence-electron chi connectivity index (χ4n) is 2.05. The molecule has 3 heteroatoms. The van der Waals surface area contributed by atoms with Crippen LogP contribution in [0.3, 0.4) is 0 Å². The maximum absolute atomic E-state index is 11.4. The molecule has 0 N–H and O–H groups in total. The quantitative estimate of drug-likeness (QED) is 0.603. The summed E-state index contributed by atoms with van der Waals surface area (Å²) in [5.41, 5.74) is 0. The summed E-state index contributed by atoms with van der Waals surface area (Å²) in [6, 6.07) is 0. The Bertz CT molecular complexity index is 194. The highest BCUT2D eigenvalue weighted by molar-refractivity contribution is 5.82. The Kier molecular flexibility index (Phi) is 5.88. The van der Waals surface area contributed by atoms with Crippen molar-refractivity contribution in [3.05, 3.63) is 0 Å². The minimum atomic E-state index is 0.347.